The second-order valence-corrected chi connectivity index (χ2v) is 4.21. The minimum Gasteiger partial charge on any atom is -0.479 e. The largest absolute Gasteiger partial charge is 0.479 e. The molecule has 0 aliphatic carbocycles. The summed E-state index contributed by atoms with van der Waals surface area (Å²) in [5, 5.41) is 18.4. The van der Waals surface area contributed by atoms with E-state index in [1.807, 2.05) is 17.8 Å². The molecule has 1 atom stereocenters. The first-order valence-corrected chi connectivity index (χ1v) is 4.93. The molecule has 0 aliphatic heterocycles. The van der Waals surface area contributed by atoms with Crippen molar-refractivity contribution < 1.29 is 15.0 Å². The lowest BCUT2D eigenvalue weighted by Gasteiger charge is -2.25. The molecule has 0 aliphatic rings. The Bertz CT molecular complexity index is 373. The van der Waals surface area contributed by atoms with Crippen molar-refractivity contribution >= 4 is 5.97 Å². The molecule has 0 saturated carbocycles. The number of carboxylic acids is 1. The molecule has 0 saturated heterocycles. The number of hydrogen-bond acceptors (Lipinski definition) is 4. The van der Waals surface area contributed by atoms with Gasteiger partial charge in [0.05, 0.1) is 6.54 Å². The maximum atomic E-state index is 10.7. The zero-order valence-corrected chi connectivity index (χ0v) is 9.71. The highest BCUT2D eigenvalue weighted by molar-refractivity contribution is 5.76. The number of aliphatic carboxylic acids is 1. The van der Waals surface area contributed by atoms with Gasteiger partial charge in [-0.25, -0.2) is 9.78 Å². The first-order valence-electron chi connectivity index (χ1n) is 4.93. The normalized spacial score (nSPS) is 15.1. The molecule has 90 valence electrons. The van der Waals surface area contributed by atoms with Crippen molar-refractivity contribution in [1.29, 1.82) is 0 Å². The van der Waals surface area contributed by atoms with Gasteiger partial charge in [-0.3, -0.25) is 4.90 Å². The molecule has 0 amide bonds. The van der Waals surface area contributed by atoms with Gasteiger partial charge in [0.1, 0.15) is 5.82 Å². The molecule has 1 aromatic heterocycles. The summed E-state index contributed by atoms with van der Waals surface area (Å²) < 4.78 is 1.85. The van der Waals surface area contributed by atoms with Gasteiger partial charge >= 0.3 is 5.97 Å². The zero-order chi connectivity index (χ0) is 12.3. The Hall–Kier alpha value is -1.40. The van der Waals surface area contributed by atoms with Crippen LogP contribution in [0.25, 0.3) is 0 Å². The Kier molecular flexibility index (Phi) is 3.66. The van der Waals surface area contributed by atoms with Crippen LogP contribution in [0.2, 0.25) is 0 Å². The summed E-state index contributed by atoms with van der Waals surface area (Å²) in [6.45, 7) is 1.83. The van der Waals surface area contributed by atoms with E-state index in [-0.39, 0.29) is 6.54 Å². The Balaban J connectivity index is 2.58. The lowest BCUT2D eigenvalue weighted by molar-refractivity contribution is -0.158. The summed E-state index contributed by atoms with van der Waals surface area (Å²) >= 11 is 0. The maximum absolute atomic E-state index is 10.7. The number of carboxylic acid groups (broad SMARTS) is 1. The lowest BCUT2D eigenvalue weighted by atomic mass is 10.1. The molecule has 0 radical (unpaired) electrons. The zero-order valence-electron chi connectivity index (χ0n) is 9.71. The Morgan fingerprint density at radius 1 is 1.69 bits per heavy atom. The standard InChI is InChI=1S/C10H17N3O3/c1-10(16,9(14)15)7-12(2)6-8-11-4-5-13(8)3/h4-5,16H,6-7H2,1-3H3,(H,14,15). The van der Waals surface area contributed by atoms with E-state index in [1.54, 1.807) is 18.1 Å². The van der Waals surface area contributed by atoms with Gasteiger partial charge in [-0.15, -0.1) is 0 Å². The topological polar surface area (TPSA) is 78.6 Å². The van der Waals surface area contributed by atoms with Crippen molar-refractivity contribution in [2.45, 2.75) is 19.1 Å². The third-order valence-electron chi connectivity index (χ3n) is 2.37. The molecule has 6 nitrogen and oxygen atoms in total. The second-order valence-electron chi connectivity index (χ2n) is 4.21. The van der Waals surface area contributed by atoms with Crippen LogP contribution in [0.5, 0.6) is 0 Å². The quantitative estimate of drug-likeness (QED) is 0.721. The van der Waals surface area contributed by atoms with Crippen molar-refractivity contribution in [2.24, 2.45) is 7.05 Å². The van der Waals surface area contributed by atoms with Crippen LogP contribution in [-0.4, -0.2) is 49.8 Å². The van der Waals surface area contributed by atoms with E-state index < -0.39 is 11.6 Å². The third kappa shape index (κ3) is 3.04. The maximum Gasteiger partial charge on any atom is 0.336 e. The van der Waals surface area contributed by atoms with E-state index in [0.29, 0.717) is 6.54 Å². The fraction of sp³-hybridized carbons (Fsp3) is 0.600. The van der Waals surface area contributed by atoms with Crippen LogP contribution in [0.1, 0.15) is 12.7 Å². The molecule has 6 heteroatoms. The molecule has 0 bridgehead atoms. The summed E-state index contributed by atoms with van der Waals surface area (Å²) in [4.78, 5) is 16.6. The number of rotatable bonds is 5. The summed E-state index contributed by atoms with van der Waals surface area (Å²) in [5.74, 6) is -0.400. The number of aromatic nitrogens is 2. The average Bonchev–Trinajstić information content (AvgIpc) is 2.50. The van der Waals surface area contributed by atoms with E-state index in [4.69, 9.17) is 5.11 Å². The van der Waals surface area contributed by atoms with Gasteiger partial charge in [0.2, 0.25) is 0 Å². The number of nitrogens with zero attached hydrogens (tertiary/aromatic N) is 3. The molecule has 1 unspecified atom stereocenters. The van der Waals surface area contributed by atoms with E-state index in [0.717, 1.165) is 5.82 Å². The molecule has 0 fully saturated rings. The minimum absolute atomic E-state index is 0.0508. The predicted molar refractivity (Wildman–Crippen MR) is 57.8 cm³/mol. The van der Waals surface area contributed by atoms with Crippen LogP contribution < -0.4 is 0 Å². The van der Waals surface area contributed by atoms with Gasteiger partial charge in [-0.1, -0.05) is 0 Å². The Morgan fingerprint density at radius 2 is 2.31 bits per heavy atom. The number of carbonyl (C=O) groups is 1. The fourth-order valence-electron chi connectivity index (χ4n) is 1.44. The molecule has 1 heterocycles. The highest BCUT2D eigenvalue weighted by Crippen LogP contribution is 2.08. The van der Waals surface area contributed by atoms with Gasteiger partial charge in [-0.2, -0.15) is 0 Å². The molecule has 0 aromatic carbocycles. The number of aryl methyl sites for hydroxylation is 1. The average molecular weight is 227 g/mol. The number of hydrogen-bond donors (Lipinski definition) is 2. The van der Waals surface area contributed by atoms with Crippen molar-refractivity contribution in [3.8, 4) is 0 Å². The monoisotopic (exact) mass is 227 g/mol. The summed E-state index contributed by atoms with van der Waals surface area (Å²) in [6.07, 6.45) is 3.50. The molecular weight excluding hydrogens is 210 g/mol. The molecule has 0 spiro atoms. The number of likely N-dealkylation sites (N-methyl/N-ethyl adjacent to an activating group) is 1. The second kappa shape index (κ2) is 4.63. The van der Waals surface area contributed by atoms with Crippen molar-refractivity contribution in [3.63, 3.8) is 0 Å². The summed E-state index contributed by atoms with van der Waals surface area (Å²) in [7, 11) is 3.61. The van der Waals surface area contributed by atoms with Crippen LogP contribution >= 0.6 is 0 Å². The molecule has 1 aromatic rings. The molecule has 16 heavy (non-hydrogen) atoms. The fourth-order valence-corrected chi connectivity index (χ4v) is 1.44. The van der Waals surface area contributed by atoms with Gasteiger partial charge in [0.25, 0.3) is 0 Å². The molecule has 2 N–H and O–H groups in total. The van der Waals surface area contributed by atoms with Crippen LogP contribution in [0, 0.1) is 0 Å². The third-order valence-corrected chi connectivity index (χ3v) is 2.37. The van der Waals surface area contributed by atoms with Crippen LogP contribution in [0.4, 0.5) is 0 Å². The number of imidazole rings is 1. The van der Waals surface area contributed by atoms with E-state index >= 15 is 0 Å². The minimum atomic E-state index is -1.74. The molecular formula is C10H17N3O3. The number of aliphatic hydroxyl groups is 1. The molecule has 1 rings (SSSR count). The van der Waals surface area contributed by atoms with Crippen LogP contribution in [-0.2, 0) is 18.4 Å². The Morgan fingerprint density at radius 3 is 2.75 bits per heavy atom. The van der Waals surface area contributed by atoms with Gasteiger partial charge in [-0.05, 0) is 14.0 Å². The van der Waals surface area contributed by atoms with Crippen molar-refractivity contribution in [3.05, 3.63) is 18.2 Å². The predicted octanol–water partition coefficient (Wildman–Crippen LogP) is -0.313. The summed E-state index contributed by atoms with van der Waals surface area (Å²) in [6, 6.07) is 0. The van der Waals surface area contributed by atoms with Gasteiger partial charge in [0.15, 0.2) is 5.60 Å². The van der Waals surface area contributed by atoms with E-state index in [2.05, 4.69) is 4.98 Å². The first kappa shape index (κ1) is 12.7. The van der Waals surface area contributed by atoms with Crippen LogP contribution in [0.15, 0.2) is 12.4 Å². The van der Waals surface area contributed by atoms with Crippen LogP contribution in [0.3, 0.4) is 0 Å². The lowest BCUT2D eigenvalue weighted by Crippen LogP contribution is -2.45. The summed E-state index contributed by atoms with van der Waals surface area (Å²) in [5.41, 5.74) is -1.74. The van der Waals surface area contributed by atoms with E-state index in [1.165, 1.54) is 6.92 Å². The highest BCUT2D eigenvalue weighted by Gasteiger charge is 2.31. The van der Waals surface area contributed by atoms with Gasteiger partial charge < -0.3 is 14.8 Å². The first-order chi connectivity index (χ1) is 7.33. The Labute approximate surface area is 94.1 Å². The van der Waals surface area contributed by atoms with Crippen molar-refractivity contribution in [1.82, 2.24) is 14.5 Å². The van der Waals surface area contributed by atoms with E-state index in [9.17, 15) is 9.90 Å². The SMILES string of the molecule is CN(Cc1nccn1C)CC(C)(O)C(=O)O. The smallest absolute Gasteiger partial charge is 0.336 e. The van der Waals surface area contributed by atoms with Crippen molar-refractivity contribution in [2.75, 3.05) is 13.6 Å². The highest BCUT2D eigenvalue weighted by atomic mass is 16.4. The van der Waals surface area contributed by atoms with Gasteiger partial charge in [0, 0.05) is 26.0 Å².